The third kappa shape index (κ3) is 4.75. The Labute approximate surface area is 116 Å². The highest BCUT2D eigenvalue weighted by Gasteiger charge is 2.23. The van der Waals surface area contributed by atoms with E-state index in [-0.39, 0.29) is 18.0 Å². The van der Waals surface area contributed by atoms with E-state index in [4.69, 9.17) is 0 Å². The van der Waals surface area contributed by atoms with Crippen molar-refractivity contribution < 1.29 is 4.79 Å². The Morgan fingerprint density at radius 1 is 1.32 bits per heavy atom. The van der Waals surface area contributed by atoms with Crippen molar-refractivity contribution in [2.45, 2.75) is 38.3 Å². The molecule has 2 N–H and O–H groups in total. The maximum absolute atomic E-state index is 12.1. The third-order valence-corrected chi connectivity index (χ3v) is 4.14. The fraction of sp³-hybridized carbons (Fsp3) is 0.929. The van der Waals surface area contributed by atoms with Crippen molar-refractivity contribution in [2.75, 3.05) is 46.3 Å². The van der Waals surface area contributed by atoms with E-state index in [2.05, 4.69) is 34.4 Å². The summed E-state index contributed by atoms with van der Waals surface area (Å²) in [4.78, 5) is 16.9. The average molecular weight is 268 g/mol. The first-order valence-electron chi connectivity index (χ1n) is 7.60. The minimum Gasteiger partial charge on any atom is -0.351 e. The van der Waals surface area contributed by atoms with Crippen LogP contribution < -0.4 is 10.6 Å². The zero-order chi connectivity index (χ0) is 13.7. The first-order valence-corrected chi connectivity index (χ1v) is 7.60. The summed E-state index contributed by atoms with van der Waals surface area (Å²) in [7, 11) is 2.16. The zero-order valence-corrected chi connectivity index (χ0v) is 12.3. The van der Waals surface area contributed by atoms with Crippen LogP contribution in [0.25, 0.3) is 0 Å². The van der Waals surface area contributed by atoms with Crippen molar-refractivity contribution in [3.8, 4) is 0 Å². The first kappa shape index (κ1) is 14.8. The molecule has 0 bridgehead atoms. The van der Waals surface area contributed by atoms with Crippen LogP contribution in [0.15, 0.2) is 0 Å². The lowest BCUT2D eigenvalue weighted by Gasteiger charge is -2.34. The van der Waals surface area contributed by atoms with Crippen LogP contribution in [0.3, 0.4) is 0 Å². The number of hydrogen-bond acceptors (Lipinski definition) is 4. The Morgan fingerprint density at radius 3 is 2.68 bits per heavy atom. The van der Waals surface area contributed by atoms with Crippen LogP contribution in [0.1, 0.15) is 26.2 Å². The zero-order valence-electron chi connectivity index (χ0n) is 12.3. The lowest BCUT2D eigenvalue weighted by atomic mass is 10.0. The molecule has 1 amide bonds. The summed E-state index contributed by atoms with van der Waals surface area (Å²) in [6.07, 6.45) is 3.34. The van der Waals surface area contributed by atoms with Gasteiger partial charge in [-0.1, -0.05) is 6.42 Å². The fourth-order valence-corrected chi connectivity index (χ4v) is 2.88. The Balaban J connectivity index is 1.68. The largest absolute Gasteiger partial charge is 0.351 e. The molecule has 2 atom stereocenters. The summed E-state index contributed by atoms with van der Waals surface area (Å²) < 4.78 is 0. The van der Waals surface area contributed by atoms with Crippen molar-refractivity contribution in [3.05, 3.63) is 0 Å². The molecule has 2 aliphatic rings. The van der Waals surface area contributed by atoms with Crippen molar-refractivity contribution in [1.82, 2.24) is 20.4 Å². The van der Waals surface area contributed by atoms with Crippen LogP contribution >= 0.6 is 0 Å². The lowest BCUT2D eigenvalue weighted by Crippen LogP contribution is -2.53. The maximum Gasteiger partial charge on any atom is 0.237 e. The Kier molecular flexibility index (Phi) is 5.60. The lowest BCUT2D eigenvalue weighted by molar-refractivity contribution is -0.124. The van der Waals surface area contributed by atoms with Crippen molar-refractivity contribution in [2.24, 2.45) is 0 Å². The normalized spacial score (nSPS) is 28.0. The number of carbonyl (C=O) groups is 1. The van der Waals surface area contributed by atoms with E-state index >= 15 is 0 Å². The molecule has 5 nitrogen and oxygen atoms in total. The van der Waals surface area contributed by atoms with E-state index in [9.17, 15) is 4.79 Å². The SMILES string of the molecule is CC(CN1CCN(C)CC1)NC(=O)[C@H]1CCCCN1. The molecule has 0 aliphatic carbocycles. The minimum atomic E-state index is 0.0312. The molecular weight excluding hydrogens is 240 g/mol. The molecule has 0 spiro atoms. The van der Waals surface area contributed by atoms with Gasteiger partial charge in [0.05, 0.1) is 6.04 Å². The molecule has 2 heterocycles. The van der Waals surface area contributed by atoms with Gasteiger partial charge < -0.3 is 15.5 Å². The minimum absolute atomic E-state index is 0.0312. The number of rotatable bonds is 4. The summed E-state index contributed by atoms with van der Waals surface area (Å²) in [6, 6.07) is 0.267. The monoisotopic (exact) mass is 268 g/mol. The van der Waals surface area contributed by atoms with Crippen molar-refractivity contribution in [3.63, 3.8) is 0 Å². The number of nitrogens with zero attached hydrogens (tertiary/aromatic N) is 2. The Morgan fingerprint density at radius 2 is 2.05 bits per heavy atom. The summed E-state index contributed by atoms with van der Waals surface area (Å²) in [5.41, 5.74) is 0. The van der Waals surface area contributed by atoms with Gasteiger partial charge in [0.1, 0.15) is 0 Å². The number of likely N-dealkylation sites (N-methyl/N-ethyl adjacent to an activating group) is 1. The molecule has 2 fully saturated rings. The van der Waals surface area contributed by atoms with Crippen LogP contribution in [0.2, 0.25) is 0 Å². The van der Waals surface area contributed by atoms with Crippen LogP contribution in [-0.4, -0.2) is 74.1 Å². The van der Waals surface area contributed by atoms with Gasteiger partial charge in [-0.15, -0.1) is 0 Å². The second-order valence-corrected chi connectivity index (χ2v) is 6.02. The van der Waals surface area contributed by atoms with E-state index in [0.29, 0.717) is 0 Å². The molecule has 0 aromatic heterocycles. The van der Waals surface area contributed by atoms with Crippen LogP contribution in [0, 0.1) is 0 Å². The number of piperidine rings is 1. The molecule has 5 heteroatoms. The van der Waals surface area contributed by atoms with E-state index in [0.717, 1.165) is 52.1 Å². The van der Waals surface area contributed by atoms with Gasteiger partial charge in [-0.25, -0.2) is 0 Å². The number of hydrogen-bond donors (Lipinski definition) is 2. The number of piperazine rings is 1. The molecule has 1 unspecified atom stereocenters. The van der Waals surface area contributed by atoms with E-state index in [1.165, 1.54) is 6.42 Å². The summed E-state index contributed by atoms with van der Waals surface area (Å²) in [5.74, 6) is 0.182. The molecule has 0 aromatic rings. The molecule has 2 saturated heterocycles. The van der Waals surface area contributed by atoms with Crippen LogP contribution in [0.5, 0.6) is 0 Å². The van der Waals surface area contributed by atoms with Crippen molar-refractivity contribution >= 4 is 5.91 Å². The topological polar surface area (TPSA) is 47.6 Å². The van der Waals surface area contributed by atoms with Gasteiger partial charge in [0.15, 0.2) is 0 Å². The second-order valence-electron chi connectivity index (χ2n) is 6.02. The fourth-order valence-electron chi connectivity index (χ4n) is 2.88. The Bertz CT molecular complexity index is 283. The molecule has 19 heavy (non-hydrogen) atoms. The molecule has 0 radical (unpaired) electrons. The summed E-state index contributed by atoms with van der Waals surface area (Å²) in [6.45, 7) is 8.53. The molecule has 110 valence electrons. The maximum atomic E-state index is 12.1. The number of amides is 1. The predicted octanol–water partition coefficient (Wildman–Crippen LogP) is -0.119. The second kappa shape index (κ2) is 7.22. The highest BCUT2D eigenvalue weighted by Crippen LogP contribution is 2.07. The van der Waals surface area contributed by atoms with Gasteiger partial charge in [-0.3, -0.25) is 9.69 Å². The highest BCUT2D eigenvalue weighted by atomic mass is 16.2. The predicted molar refractivity (Wildman–Crippen MR) is 77.2 cm³/mol. The van der Waals surface area contributed by atoms with Gasteiger partial charge in [0.25, 0.3) is 0 Å². The van der Waals surface area contributed by atoms with Gasteiger partial charge in [-0.05, 0) is 33.4 Å². The molecular formula is C14H28N4O. The summed E-state index contributed by atoms with van der Waals surface area (Å²) in [5, 5.41) is 6.45. The standard InChI is InChI=1S/C14H28N4O/c1-12(11-18-9-7-17(2)8-10-18)16-14(19)13-5-3-4-6-15-13/h12-13,15H,3-11H2,1-2H3,(H,16,19)/t12?,13-/m1/s1. The van der Waals surface area contributed by atoms with Crippen LogP contribution in [0.4, 0.5) is 0 Å². The van der Waals surface area contributed by atoms with Gasteiger partial charge in [0, 0.05) is 38.8 Å². The highest BCUT2D eigenvalue weighted by molar-refractivity contribution is 5.82. The van der Waals surface area contributed by atoms with Crippen LogP contribution in [-0.2, 0) is 4.79 Å². The molecule has 0 aromatic carbocycles. The van der Waals surface area contributed by atoms with E-state index in [1.54, 1.807) is 0 Å². The van der Waals surface area contributed by atoms with E-state index in [1.807, 2.05) is 0 Å². The summed E-state index contributed by atoms with van der Waals surface area (Å²) >= 11 is 0. The van der Waals surface area contributed by atoms with Crippen molar-refractivity contribution in [1.29, 1.82) is 0 Å². The molecule has 0 saturated carbocycles. The number of nitrogens with one attached hydrogen (secondary N) is 2. The molecule has 2 aliphatic heterocycles. The smallest absolute Gasteiger partial charge is 0.237 e. The average Bonchev–Trinajstić information content (AvgIpc) is 2.42. The first-order chi connectivity index (χ1) is 9.15. The van der Waals surface area contributed by atoms with E-state index < -0.39 is 0 Å². The third-order valence-electron chi connectivity index (χ3n) is 4.14. The van der Waals surface area contributed by atoms with Gasteiger partial charge in [-0.2, -0.15) is 0 Å². The Hall–Kier alpha value is -0.650. The van der Waals surface area contributed by atoms with Gasteiger partial charge >= 0.3 is 0 Å². The quantitative estimate of drug-likeness (QED) is 0.746. The molecule has 2 rings (SSSR count). The number of carbonyl (C=O) groups excluding carboxylic acids is 1. The van der Waals surface area contributed by atoms with Gasteiger partial charge in [0.2, 0.25) is 5.91 Å².